The Morgan fingerprint density at radius 1 is 1.31 bits per heavy atom. The second-order valence-electron chi connectivity index (χ2n) is 7.08. The number of aromatic nitrogens is 1. The summed E-state index contributed by atoms with van der Waals surface area (Å²) in [4.78, 5) is 26.1. The molecule has 2 N–H and O–H groups in total. The number of carboxylic acids is 1. The maximum Gasteiger partial charge on any atom is 0.353 e. The number of aliphatic carboxylic acids is 1. The number of nitrogens with zero attached hydrogens (tertiary/aromatic N) is 2. The first-order valence-electron chi connectivity index (χ1n) is 9.18. The van der Waals surface area contributed by atoms with Crippen LogP contribution in [0.5, 0.6) is 5.75 Å². The molecular weight excluding hydrogens is 392 g/mol. The Balaban J connectivity index is 1.63. The fourth-order valence-electron chi connectivity index (χ4n) is 3.69. The number of rotatable bonds is 6. The smallest absolute Gasteiger partial charge is 0.353 e. The van der Waals surface area contributed by atoms with Gasteiger partial charge in [-0.2, -0.15) is 0 Å². The van der Waals surface area contributed by atoms with E-state index in [9.17, 15) is 19.8 Å². The highest BCUT2D eigenvalue weighted by molar-refractivity contribution is 8.09. The molecule has 8 heteroatoms. The van der Waals surface area contributed by atoms with Crippen LogP contribution in [0.2, 0.25) is 0 Å². The average Bonchev–Trinajstić information content (AvgIpc) is 3.04. The summed E-state index contributed by atoms with van der Waals surface area (Å²) in [5.74, 6) is -1.28. The number of carboxylic acid groups (broad SMARTS) is 1. The SMILES string of the molecule is COc1cc[n+](Cc2cccc(C3=C(C(=O)O)N4C(=O)[C@H]([C@@H](C)O)[C@H]4S3)c2)cc1. The zero-order chi connectivity index (χ0) is 20.7. The van der Waals surface area contributed by atoms with Crippen molar-refractivity contribution in [3.63, 3.8) is 0 Å². The van der Waals surface area contributed by atoms with E-state index in [0.717, 1.165) is 16.9 Å². The number of aliphatic hydroxyl groups is 1. The van der Waals surface area contributed by atoms with Gasteiger partial charge in [0.25, 0.3) is 0 Å². The van der Waals surface area contributed by atoms with Gasteiger partial charge in [0.15, 0.2) is 18.9 Å². The molecule has 0 aliphatic carbocycles. The summed E-state index contributed by atoms with van der Waals surface area (Å²) in [6, 6.07) is 11.4. The van der Waals surface area contributed by atoms with Crippen molar-refractivity contribution in [1.29, 1.82) is 0 Å². The molecule has 0 unspecified atom stereocenters. The number of methoxy groups -OCH3 is 1. The van der Waals surface area contributed by atoms with Gasteiger partial charge in [-0.3, -0.25) is 9.69 Å². The van der Waals surface area contributed by atoms with Crippen molar-refractivity contribution < 1.29 is 29.1 Å². The van der Waals surface area contributed by atoms with Gasteiger partial charge in [-0.1, -0.05) is 30.0 Å². The maximum absolute atomic E-state index is 12.4. The molecule has 0 saturated carbocycles. The number of amides is 1. The van der Waals surface area contributed by atoms with Crippen LogP contribution in [0.1, 0.15) is 18.1 Å². The number of carbonyl (C=O) groups excluding carboxylic acids is 1. The number of fused-ring (bicyclic) bond motifs is 1. The van der Waals surface area contributed by atoms with Crippen molar-refractivity contribution in [3.05, 3.63) is 65.6 Å². The fourth-order valence-corrected chi connectivity index (χ4v) is 5.30. The van der Waals surface area contributed by atoms with E-state index in [2.05, 4.69) is 0 Å². The Hall–Kier alpha value is -2.84. The van der Waals surface area contributed by atoms with E-state index in [1.54, 1.807) is 14.0 Å². The van der Waals surface area contributed by atoms with Crippen molar-refractivity contribution in [2.45, 2.75) is 24.9 Å². The van der Waals surface area contributed by atoms with Crippen LogP contribution in [0.3, 0.4) is 0 Å². The molecule has 0 spiro atoms. The Labute approximate surface area is 172 Å². The zero-order valence-corrected chi connectivity index (χ0v) is 16.8. The number of aliphatic hydroxyl groups excluding tert-OH is 1. The summed E-state index contributed by atoms with van der Waals surface area (Å²) < 4.78 is 7.17. The van der Waals surface area contributed by atoms with Gasteiger partial charge in [-0.15, -0.1) is 0 Å². The number of hydrogen-bond donors (Lipinski definition) is 2. The number of carbonyl (C=O) groups is 2. The largest absolute Gasteiger partial charge is 0.496 e. The van der Waals surface area contributed by atoms with E-state index >= 15 is 0 Å². The minimum absolute atomic E-state index is 0.00356. The highest BCUT2D eigenvalue weighted by Crippen LogP contribution is 2.53. The van der Waals surface area contributed by atoms with Crippen LogP contribution in [-0.4, -0.2) is 45.6 Å². The van der Waals surface area contributed by atoms with Gasteiger partial charge in [0, 0.05) is 22.6 Å². The van der Waals surface area contributed by atoms with Crippen molar-refractivity contribution >= 4 is 28.5 Å². The van der Waals surface area contributed by atoms with E-state index in [1.807, 2.05) is 53.4 Å². The van der Waals surface area contributed by atoms with E-state index in [-0.39, 0.29) is 17.0 Å². The Kier molecular flexibility index (Phi) is 5.06. The molecule has 1 amide bonds. The topological polar surface area (TPSA) is 91.0 Å². The van der Waals surface area contributed by atoms with Crippen molar-refractivity contribution in [2.24, 2.45) is 5.92 Å². The summed E-state index contributed by atoms with van der Waals surface area (Å²) >= 11 is 1.33. The van der Waals surface area contributed by atoms with Gasteiger partial charge < -0.3 is 14.9 Å². The van der Waals surface area contributed by atoms with Crippen LogP contribution in [0.15, 0.2) is 54.5 Å². The fraction of sp³-hybridized carbons (Fsp3) is 0.286. The van der Waals surface area contributed by atoms with Crippen LogP contribution in [0.25, 0.3) is 4.91 Å². The van der Waals surface area contributed by atoms with E-state index in [4.69, 9.17) is 4.74 Å². The first kappa shape index (κ1) is 19.5. The first-order valence-corrected chi connectivity index (χ1v) is 10.1. The summed E-state index contributed by atoms with van der Waals surface area (Å²) in [6.45, 7) is 2.17. The molecule has 0 bridgehead atoms. The maximum atomic E-state index is 12.4. The lowest BCUT2D eigenvalue weighted by Gasteiger charge is -2.43. The number of thioether (sulfide) groups is 1. The van der Waals surface area contributed by atoms with Gasteiger partial charge in [-0.05, 0) is 18.6 Å². The predicted octanol–water partition coefficient (Wildman–Crippen LogP) is 1.70. The monoisotopic (exact) mass is 413 g/mol. The molecule has 1 aromatic carbocycles. The summed E-state index contributed by atoms with van der Waals surface area (Å²) in [5, 5.41) is 19.2. The predicted molar refractivity (Wildman–Crippen MR) is 107 cm³/mol. The lowest BCUT2D eigenvalue weighted by Crippen LogP contribution is -2.60. The second-order valence-corrected chi connectivity index (χ2v) is 8.20. The molecule has 1 fully saturated rings. The molecule has 0 radical (unpaired) electrons. The van der Waals surface area contributed by atoms with Crippen molar-refractivity contribution in [2.75, 3.05) is 7.11 Å². The highest BCUT2D eigenvalue weighted by atomic mass is 32.2. The Bertz CT molecular complexity index is 1000. The molecule has 3 heterocycles. The molecule has 2 aromatic rings. The Morgan fingerprint density at radius 2 is 2.03 bits per heavy atom. The van der Waals surface area contributed by atoms with E-state index < -0.39 is 18.0 Å². The van der Waals surface area contributed by atoms with Crippen LogP contribution in [0.4, 0.5) is 0 Å². The van der Waals surface area contributed by atoms with Crippen molar-refractivity contribution in [3.8, 4) is 5.75 Å². The third-order valence-electron chi connectivity index (χ3n) is 5.15. The quantitative estimate of drug-likeness (QED) is 0.553. The van der Waals surface area contributed by atoms with Crippen LogP contribution < -0.4 is 9.30 Å². The van der Waals surface area contributed by atoms with Gasteiger partial charge in [0.1, 0.15) is 16.8 Å². The van der Waals surface area contributed by atoms with Gasteiger partial charge in [0.05, 0.1) is 19.1 Å². The van der Waals surface area contributed by atoms with Gasteiger partial charge in [-0.25, -0.2) is 9.36 Å². The number of pyridine rings is 1. The molecule has 7 nitrogen and oxygen atoms in total. The molecule has 4 rings (SSSR count). The number of benzene rings is 1. The normalized spacial score (nSPS) is 21.6. The molecule has 3 atom stereocenters. The number of ether oxygens (including phenoxy) is 1. The summed E-state index contributed by atoms with van der Waals surface area (Å²) in [5.41, 5.74) is 1.75. The van der Waals surface area contributed by atoms with Gasteiger partial charge in [0.2, 0.25) is 5.91 Å². The lowest BCUT2D eigenvalue weighted by molar-refractivity contribution is -0.688. The molecule has 29 heavy (non-hydrogen) atoms. The van der Waals surface area contributed by atoms with Crippen LogP contribution in [-0.2, 0) is 16.1 Å². The minimum atomic E-state index is -1.14. The molecule has 1 saturated heterocycles. The standard InChI is InChI=1S/C21H20N2O5S/c1-12(24)16-19(25)23-17(21(26)27)18(29-20(16)23)14-5-3-4-13(10-14)11-22-8-6-15(28-2)7-9-22/h3-10,12,16,20,24H,11H2,1-2H3/p+1/t12-,16+,20-/m1/s1. The second kappa shape index (κ2) is 7.53. The molecule has 1 aromatic heterocycles. The van der Waals surface area contributed by atoms with Crippen LogP contribution >= 0.6 is 11.8 Å². The summed E-state index contributed by atoms with van der Waals surface area (Å²) in [6.07, 6.45) is 3.01. The van der Waals surface area contributed by atoms with Gasteiger partial charge >= 0.3 is 5.97 Å². The van der Waals surface area contributed by atoms with Crippen LogP contribution in [0, 0.1) is 5.92 Å². The molecule has 2 aliphatic rings. The molecular formula is C21H21N2O5S+. The lowest BCUT2D eigenvalue weighted by atomic mass is 9.92. The first-order chi connectivity index (χ1) is 13.9. The summed E-state index contributed by atoms with van der Waals surface area (Å²) in [7, 11) is 1.62. The average molecular weight is 413 g/mol. The number of β-lactam (4-membered cyclic amide) rings is 1. The molecule has 2 aliphatic heterocycles. The third-order valence-corrected chi connectivity index (χ3v) is 6.56. The highest BCUT2D eigenvalue weighted by Gasteiger charge is 2.57. The Morgan fingerprint density at radius 3 is 2.66 bits per heavy atom. The van der Waals surface area contributed by atoms with Crippen molar-refractivity contribution in [1.82, 2.24) is 4.90 Å². The minimum Gasteiger partial charge on any atom is -0.496 e. The zero-order valence-electron chi connectivity index (χ0n) is 16.0. The molecule has 150 valence electrons. The van der Waals surface area contributed by atoms with E-state index in [0.29, 0.717) is 11.4 Å². The van der Waals surface area contributed by atoms with E-state index in [1.165, 1.54) is 16.7 Å². The third kappa shape index (κ3) is 3.38. The number of hydrogen-bond acceptors (Lipinski definition) is 5.